The Balaban J connectivity index is 1.46. The van der Waals surface area contributed by atoms with E-state index in [0.29, 0.717) is 24.9 Å². The Labute approximate surface area is 440 Å². The van der Waals surface area contributed by atoms with Crippen molar-refractivity contribution in [3.8, 4) is 5.69 Å². The molecule has 16 atom stereocenters. The third kappa shape index (κ3) is 16.9. The first kappa shape index (κ1) is 61.1. The molecule has 2 aromatic rings. The largest absolute Gasteiger partial charge is 0.462 e. The number of aromatic nitrogens is 2. The number of hydrogen-bond donors (Lipinski definition) is 2. The van der Waals surface area contributed by atoms with E-state index in [4.69, 9.17) is 42.6 Å². The van der Waals surface area contributed by atoms with Gasteiger partial charge in [0.15, 0.2) is 24.3 Å². The van der Waals surface area contributed by atoms with Crippen LogP contribution in [0.25, 0.3) is 11.8 Å². The molecule has 3 aliphatic rings. The molecule has 0 bridgehead atoms. The van der Waals surface area contributed by atoms with Crippen LogP contribution in [0.3, 0.4) is 0 Å². The maximum Gasteiger partial charge on any atom is 0.309 e. The molecule has 3 aliphatic heterocycles. The summed E-state index contributed by atoms with van der Waals surface area (Å²) in [7, 11) is 6.72. The highest BCUT2D eigenvalue weighted by Gasteiger charge is 2.54. The fourth-order valence-electron chi connectivity index (χ4n) is 10.4. The van der Waals surface area contributed by atoms with Gasteiger partial charge in [0.05, 0.1) is 36.9 Å². The number of aldehydes is 1. The van der Waals surface area contributed by atoms with Crippen LogP contribution in [0.2, 0.25) is 0 Å². The highest BCUT2D eigenvalue weighted by molar-refractivity contribution is 5.73. The summed E-state index contributed by atoms with van der Waals surface area (Å²) < 4.78 is 72.2. The number of hydrogen-bond acceptors (Lipinski definition) is 19. The minimum atomic E-state index is -1.46. The van der Waals surface area contributed by atoms with Crippen LogP contribution in [-0.4, -0.2) is 187 Å². The van der Waals surface area contributed by atoms with Crippen LogP contribution in [0.4, 0.5) is 4.39 Å². The van der Waals surface area contributed by atoms with E-state index in [1.165, 1.54) is 24.8 Å². The minimum absolute atomic E-state index is 0.0370. The number of likely N-dealkylation sites (N-methyl/N-ethyl adjacent to an activating group) is 2. The van der Waals surface area contributed by atoms with Crippen LogP contribution in [0.5, 0.6) is 0 Å². The first-order valence-electron chi connectivity index (χ1n) is 26.1. The SMILES string of the molecule is CCC(=O)O[C@@H]1CC(=O)O[C@@H](CC=Cc2ccc(F)c(-n3cccn3)c2)CCCN(C)C[C@H](O)[C@H](C)C[C@H](CC=O)[C@H](O[C@@H]2OC(C)[C@@H](O[C@H]3CC(C)(OC(C)=O)[C@@H](OC(=O)CC)C(C)O3)C(N(C)C)C2O)[C@H]1OC. The van der Waals surface area contributed by atoms with Crippen LogP contribution in [0.1, 0.15) is 112 Å². The van der Waals surface area contributed by atoms with E-state index in [9.17, 15) is 38.6 Å². The Kier molecular flexibility index (Phi) is 23.3. The Hall–Kier alpha value is -4.71. The van der Waals surface area contributed by atoms with Crippen molar-refractivity contribution in [3.05, 3.63) is 54.1 Å². The first-order chi connectivity index (χ1) is 35.6. The molecule has 20 nitrogen and oxygen atoms in total. The van der Waals surface area contributed by atoms with E-state index in [2.05, 4.69) is 5.10 Å². The van der Waals surface area contributed by atoms with Gasteiger partial charge in [0.2, 0.25) is 0 Å². The summed E-state index contributed by atoms with van der Waals surface area (Å²) in [5, 5.41) is 28.2. The lowest BCUT2D eigenvalue weighted by atomic mass is 9.82. The molecule has 420 valence electrons. The number of halogens is 1. The van der Waals surface area contributed by atoms with Crippen molar-refractivity contribution in [2.45, 2.75) is 192 Å². The van der Waals surface area contributed by atoms with Gasteiger partial charge in [0.1, 0.15) is 48.3 Å². The Bertz CT molecular complexity index is 2180. The molecule has 0 aliphatic carbocycles. The van der Waals surface area contributed by atoms with Gasteiger partial charge in [0, 0.05) is 65.1 Å². The van der Waals surface area contributed by atoms with Crippen LogP contribution >= 0.6 is 0 Å². The average molecular weight is 1060 g/mol. The van der Waals surface area contributed by atoms with Gasteiger partial charge in [-0.2, -0.15) is 5.10 Å². The first-order valence-corrected chi connectivity index (χ1v) is 26.1. The number of methoxy groups -OCH3 is 1. The molecule has 2 N–H and O–H groups in total. The van der Waals surface area contributed by atoms with Crippen molar-refractivity contribution in [1.29, 1.82) is 0 Å². The highest BCUT2D eigenvalue weighted by atomic mass is 19.1. The maximum absolute atomic E-state index is 14.8. The lowest BCUT2D eigenvalue weighted by Crippen LogP contribution is -2.66. The zero-order chi connectivity index (χ0) is 55.1. The van der Waals surface area contributed by atoms with Crippen LogP contribution in [-0.2, 0) is 66.6 Å². The standard InChI is InChI=1S/C54H81FN4O16/c1-12-43(63)71-42-29-45(65)70-38(18-14-17-36-20-21-39(55)40(28-36)59-25-16-23-56-59)19-15-24-58(10)31-41(62)32(3)27-37(22-26-60)50(51(42)67-11)74-53-48(66)47(57(8)9)49(33(4)69-53)73-46-30-54(7,75-35(6)61)52(34(5)68-46)72-44(64)13-2/h14,16-17,20-21,23,25-26,28,32-34,37-38,41-42,46-53,62,66H,12-13,15,18-19,22,24,27,29-31H2,1-11H3/t32-,33?,34?,37+,38+,41+,42-,46+,47?,48?,49-,50+,51+,52+,53+,54?/m1/s1. The fraction of sp³-hybridized carbons (Fsp3) is 0.704. The monoisotopic (exact) mass is 1060 g/mol. The molecule has 21 heteroatoms. The van der Waals surface area contributed by atoms with Gasteiger partial charge in [-0.05, 0) is 103 Å². The molecule has 0 saturated carbocycles. The van der Waals surface area contributed by atoms with Crippen molar-refractivity contribution in [2.24, 2.45) is 11.8 Å². The zero-order valence-electron chi connectivity index (χ0n) is 45.4. The predicted octanol–water partition coefficient (Wildman–Crippen LogP) is 4.96. The van der Waals surface area contributed by atoms with Crippen molar-refractivity contribution in [1.82, 2.24) is 19.6 Å². The number of β-amino-alcohol motifs (C(OH)–C–C–N with tert-alkyl or cyclic N) is 1. The molecule has 0 radical (unpaired) electrons. The zero-order valence-corrected chi connectivity index (χ0v) is 45.4. The number of esters is 4. The number of rotatable bonds is 17. The molecule has 3 saturated heterocycles. The molecular weight excluding hydrogens is 980 g/mol. The number of aliphatic hydroxyl groups excluding tert-OH is 2. The predicted molar refractivity (Wildman–Crippen MR) is 270 cm³/mol. The molecule has 1 aromatic heterocycles. The number of aliphatic hydroxyl groups is 2. The Morgan fingerprint density at radius 1 is 1.00 bits per heavy atom. The summed E-state index contributed by atoms with van der Waals surface area (Å²) in [4.78, 5) is 68.7. The van der Waals surface area contributed by atoms with Gasteiger partial charge in [-0.15, -0.1) is 0 Å². The summed E-state index contributed by atoms with van der Waals surface area (Å²) in [6.45, 7) is 12.3. The van der Waals surface area contributed by atoms with E-state index in [0.717, 1.165) is 6.29 Å². The third-order valence-corrected chi connectivity index (χ3v) is 14.3. The van der Waals surface area contributed by atoms with E-state index < -0.39 is 133 Å². The number of carbonyl (C=O) groups excluding carboxylic acids is 5. The molecule has 0 spiro atoms. The summed E-state index contributed by atoms with van der Waals surface area (Å²) in [5.41, 5.74) is -0.383. The second-order valence-corrected chi connectivity index (χ2v) is 20.5. The van der Waals surface area contributed by atoms with Gasteiger partial charge in [-0.25, -0.2) is 9.07 Å². The van der Waals surface area contributed by atoms with Gasteiger partial charge >= 0.3 is 23.9 Å². The Morgan fingerprint density at radius 2 is 1.72 bits per heavy atom. The van der Waals surface area contributed by atoms with E-state index in [1.807, 2.05) is 24.9 Å². The second kappa shape index (κ2) is 28.6. The van der Waals surface area contributed by atoms with E-state index >= 15 is 0 Å². The number of nitrogens with zero attached hydrogens (tertiary/aromatic N) is 4. The topological polar surface area (TPSA) is 233 Å². The number of carbonyl (C=O) groups is 5. The van der Waals surface area contributed by atoms with Crippen LogP contribution < -0.4 is 0 Å². The minimum Gasteiger partial charge on any atom is -0.462 e. The van der Waals surface area contributed by atoms with Crippen molar-refractivity contribution >= 4 is 36.2 Å². The van der Waals surface area contributed by atoms with Crippen LogP contribution in [0.15, 0.2) is 42.7 Å². The van der Waals surface area contributed by atoms with Crippen LogP contribution in [0, 0.1) is 17.7 Å². The van der Waals surface area contributed by atoms with Gasteiger partial charge in [-0.1, -0.05) is 39.0 Å². The summed E-state index contributed by atoms with van der Waals surface area (Å²) in [5.74, 6) is -4.06. The average Bonchev–Trinajstić information content (AvgIpc) is 3.88. The van der Waals surface area contributed by atoms with Crippen molar-refractivity contribution in [2.75, 3.05) is 41.3 Å². The molecule has 3 fully saturated rings. The smallest absolute Gasteiger partial charge is 0.309 e. The van der Waals surface area contributed by atoms with Crippen molar-refractivity contribution < 1.29 is 81.2 Å². The Morgan fingerprint density at radius 3 is 2.36 bits per heavy atom. The number of ether oxygens (including phenoxy) is 9. The fourth-order valence-corrected chi connectivity index (χ4v) is 10.4. The van der Waals surface area contributed by atoms with Crippen molar-refractivity contribution in [3.63, 3.8) is 0 Å². The molecule has 5 unspecified atom stereocenters. The molecule has 0 amide bonds. The number of benzene rings is 1. The molecule has 4 heterocycles. The summed E-state index contributed by atoms with van der Waals surface area (Å²) in [6.07, 6.45) is -4.21. The summed E-state index contributed by atoms with van der Waals surface area (Å²) >= 11 is 0. The normalized spacial score (nSPS) is 33.9. The van der Waals surface area contributed by atoms with E-state index in [-0.39, 0.29) is 50.8 Å². The summed E-state index contributed by atoms with van der Waals surface area (Å²) in [6, 6.07) is 5.49. The number of cyclic esters (lactones) is 1. The lowest BCUT2D eigenvalue weighted by molar-refractivity contribution is -0.344. The highest BCUT2D eigenvalue weighted by Crippen LogP contribution is 2.39. The second-order valence-electron chi connectivity index (χ2n) is 20.5. The quantitative estimate of drug-likeness (QED) is 0.121. The maximum atomic E-state index is 14.8. The lowest BCUT2D eigenvalue weighted by Gasteiger charge is -2.50. The van der Waals surface area contributed by atoms with E-state index in [1.54, 1.807) is 90.3 Å². The van der Waals surface area contributed by atoms with Gasteiger partial charge in [0.25, 0.3) is 0 Å². The molecule has 75 heavy (non-hydrogen) atoms. The van der Waals surface area contributed by atoms with Gasteiger partial charge in [-0.3, -0.25) is 19.2 Å². The van der Waals surface area contributed by atoms with Gasteiger partial charge < -0.3 is 67.4 Å². The molecule has 5 rings (SSSR count). The molecule has 1 aromatic carbocycles. The third-order valence-electron chi connectivity index (χ3n) is 14.3. The molecular formula is C54H81FN4O16.